The summed E-state index contributed by atoms with van der Waals surface area (Å²) in [5, 5.41) is 18.4. The maximum Gasteiger partial charge on any atom is 0.419 e. The van der Waals surface area contributed by atoms with Crippen LogP contribution in [0.5, 0.6) is 17.2 Å². The summed E-state index contributed by atoms with van der Waals surface area (Å²) in [4.78, 5) is 0. The van der Waals surface area contributed by atoms with Crippen LogP contribution >= 0.6 is 0 Å². The van der Waals surface area contributed by atoms with Crippen molar-refractivity contribution in [2.24, 2.45) is 0 Å². The fourth-order valence-corrected chi connectivity index (χ4v) is 1.62. The number of rotatable bonds is 3. The molecule has 0 heterocycles. The van der Waals surface area contributed by atoms with Crippen LogP contribution in [0.3, 0.4) is 0 Å². The third kappa shape index (κ3) is 3.34. The van der Waals surface area contributed by atoms with Crippen LogP contribution < -0.4 is 4.74 Å². The van der Waals surface area contributed by atoms with E-state index in [-0.39, 0.29) is 12.4 Å². The lowest BCUT2D eigenvalue weighted by Crippen LogP contribution is -2.06. The smallest absolute Gasteiger partial charge is 0.419 e. The average molecular weight is 284 g/mol. The number of benzene rings is 2. The topological polar surface area (TPSA) is 49.7 Å². The number of aromatic hydroxyl groups is 2. The summed E-state index contributed by atoms with van der Waals surface area (Å²) in [6, 6.07) is 8.98. The molecule has 2 aromatic carbocycles. The summed E-state index contributed by atoms with van der Waals surface area (Å²) < 4.78 is 42.7. The fourth-order valence-electron chi connectivity index (χ4n) is 1.62. The second kappa shape index (κ2) is 5.32. The molecular weight excluding hydrogens is 273 g/mol. The Hall–Kier alpha value is -2.37. The zero-order valence-electron chi connectivity index (χ0n) is 10.2. The molecule has 2 N–H and O–H groups in total. The van der Waals surface area contributed by atoms with E-state index in [4.69, 9.17) is 9.84 Å². The van der Waals surface area contributed by atoms with Crippen LogP contribution in [-0.4, -0.2) is 10.2 Å². The van der Waals surface area contributed by atoms with Gasteiger partial charge in [-0.3, -0.25) is 0 Å². The van der Waals surface area contributed by atoms with Crippen molar-refractivity contribution in [1.82, 2.24) is 0 Å². The lowest BCUT2D eigenvalue weighted by molar-refractivity contribution is -0.138. The van der Waals surface area contributed by atoms with Crippen LogP contribution in [0.25, 0.3) is 0 Å². The van der Waals surface area contributed by atoms with Crippen molar-refractivity contribution >= 4 is 0 Å². The van der Waals surface area contributed by atoms with Crippen LogP contribution in [-0.2, 0) is 12.8 Å². The monoisotopic (exact) mass is 284 g/mol. The molecular formula is C14H11F3O3. The summed E-state index contributed by atoms with van der Waals surface area (Å²) in [6.07, 6.45) is -4.58. The quantitative estimate of drug-likeness (QED) is 0.903. The highest BCUT2D eigenvalue weighted by molar-refractivity contribution is 5.38. The van der Waals surface area contributed by atoms with E-state index in [0.717, 1.165) is 12.1 Å². The Kier molecular flexibility index (Phi) is 3.74. The van der Waals surface area contributed by atoms with Crippen LogP contribution in [0, 0.1) is 0 Å². The van der Waals surface area contributed by atoms with Gasteiger partial charge >= 0.3 is 6.18 Å². The van der Waals surface area contributed by atoms with E-state index < -0.39 is 17.5 Å². The number of phenolic OH excluding ortho intramolecular Hbond substituents is 2. The third-order valence-corrected chi connectivity index (χ3v) is 2.61. The number of hydrogen-bond donors (Lipinski definition) is 2. The Morgan fingerprint density at radius 3 is 2.15 bits per heavy atom. The highest BCUT2D eigenvalue weighted by atomic mass is 19.4. The molecule has 0 atom stereocenters. The molecule has 106 valence electrons. The molecule has 0 radical (unpaired) electrons. The number of ether oxygens (including phenoxy) is 1. The number of hydrogen-bond acceptors (Lipinski definition) is 3. The molecule has 0 saturated heterocycles. The van der Waals surface area contributed by atoms with Gasteiger partial charge < -0.3 is 14.9 Å². The van der Waals surface area contributed by atoms with Gasteiger partial charge in [0.15, 0.2) is 0 Å². The van der Waals surface area contributed by atoms with Crippen LogP contribution in [0.4, 0.5) is 13.2 Å². The van der Waals surface area contributed by atoms with Crippen LogP contribution in [0.1, 0.15) is 11.1 Å². The van der Waals surface area contributed by atoms with Gasteiger partial charge in [-0.25, -0.2) is 0 Å². The molecule has 0 amide bonds. The van der Waals surface area contributed by atoms with Crippen molar-refractivity contribution in [3.8, 4) is 17.2 Å². The first-order valence-corrected chi connectivity index (χ1v) is 5.67. The molecule has 0 fully saturated rings. The Morgan fingerprint density at radius 1 is 0.950 bits per heavy atom. The summed E-state index contributed by atoms with van der Waals surface area (Å²) in [5.41, 5.74) is -0.672. The zero-order chi connectivity index (χ0) is 14.8. The van der Waals surface area contributed by atoms with Crippen molar-refractivity contribution in [2.45, 2.75) is 12.8 Å². The molecule has 20 heavy (non-hydrogen) atoms. The minimum atomic E-state index is -4.58. The lowest BCUT2D eigenvalue weighted by atomic mass is 10.1. The molecule has 3 nitrogen and oxygen atoms in total. The van der Waals surface area contributed by atoms with Crippen molar-refractivity contribution in [3.63, 3.8) is 0 Å². The fraction of sp³-hybridized carbons (Fsp3) is 0.143. The van der Waals surface area contributed by atoms with Crippen molar-refractivity contribution < 1.29 is 28.1 Å². The van der Waals surface area contributed by atoms with Crippen molar-refractivity contribution in [3.05, 3.63) is 53.6 Å². The van der Waals surface area contributed by atoms with Crippen molar-refractivity contribution in [1.29, 1.82) is 0 Å². The maximum atomic E-state index is 12.5. The third-order valence-electron chi connectivity index (χ3n) is 2.61. The molecule has 0 bridgehead atoms. The number of phenols is 2. The number of alkyl halides is 3. The van der Waals surface area contributed by atoms with Crippen molar-refractivity contribution in [2.75, 3.05) is 0 Å². The van der Waals surface area contributed by atoms with Gasteiger partial charge in [0.1, 0.15) is 23.9 Å². The first-order chi connectivity index (χ1) is 9.36. The molecule has 2 rings (SSSR count). The highest BCUT2D eigenvalue weighted by Gasteiger charge is 2.33. The molecule has 0 unspecified atom stereocenters. The van der Waals surface area contributed by atoms with Gasteiger partial charge in [-0.1, -0.05) is 6.07 Å². The summed E-state index contributed by atoms with van der Waals surface area (Å²) in [7, 11) is 0. The van der Waals surface area contributed by atoms with Gasteiger partial charge in [-0.15, -0.1) is 0 Å². The first-order valence-electron chi connectivity index (χ1n) is 5.67. The highest BCUT2D eigenvalue weighted by Crippen LogP contribution is 2.36. The summed E-state index contributed by atoms with van der Waals surface area (Å²) >= 11 is 0. The van der Waals surface area contributed by atoms with Gasteiger partial charge in [0.05, 0.1) is 5.56 Å². The predicted molar refractivity (Wildman–Crippen MR) is 65.5 cm³/mol. The lowest BCUT2D eigenvalue weighted by Gasteiger charge is -2.11. The second-order valence-corrected chi connectivity index (χ2v) is 4.13. The van der Waals surface area contributed by atoms with E-state index in [1.165, 1.54) is 30.3 Å². The van der Waals surface area contributed by atoms with Gasteiger partial charge in [0, 0.05) is 0 Å². The zero-order valence-corrected chi connectivity index (χ0v) is 10.2. The van der Waals surface area contributed by atoms with Gasteiger partial charge in [-0.2, -0.15) is 13.2 Å². The number of halogens is 3. The minimum absolute atomic E-state index is 0.0104. The largest absolute Gasteiger partial charge is 0.508 e. The van der Waals surface area contributed by atoms with E-state index in [1.54, 1.807) is 0 Å². The average Bonchev–Trinajstić information content (AvgIpc) is 2.36. The second-order valence-electron chi connectivity index (χ2n) is 4.13. The normalized spacial score (nSPS) is 11.3. The van der Waals surface area contributed by atoms with E-state index in [2.05, 4.69) is 0 Å². The molecule has 0 aliphatic rings. The summed E-state index contributed by atoms with van der Waals surface area (Å²) in [5.74, 6) is -0.281. The Labute approximate surface area is 112 Å². The van der Waals surface area contributed by atoms with Gasteiger partial charge in [-0.05, 0) is 42.0 Å². The standard InChI is InChI=1S/C14H11F3O3/c15-14(16,17)12-6-1-9(7-13(12)19)8-20-11-4-2-10(18)3-5-11/h1-7,18-19H,8H2. The molecule has 0 spiro atoms. The molecule has 0 aliphatic heterocycles. The summed E-state index contributed by atoms with van der Waals surface area (Å²) in [6.45, 7) is 0.0104. The SMILES string of the molecule is Oc1ccc(OCc2ccc(C(F)(F)F)c(O)c2)cc1. The van der Waals surface area contributed by atoms with Crippen LogP contribution in [0.15, 0.2) is 42.5 Å². The van der Waals surface area contributed by atoms with Gasteiger partial charge in [0.2, 0.25) is 0 Å². The molecule has 0 aliphatic carbocycles. The Morgan fingerprint density at radius 2 is 1.60 bits per heavy atom. The Balaban J connectivity index is 2.07. The van der Waals surface area contributed by atoms with Crippen LogP contribution in [0.2, 0.25) is 0 Å². The predicted octanol–water partition coefficient (Wildman–Crippen LogP) is 3.70. The van der Waals surface area contributed by atoms with E-state index in [1.807, 2.05) is 0 Å². The van der Waals surface area contributed by atoms with E-state index in [9.17, 15) is 18.3 Å². The molecule has 6 heteroatoms. The molecule has 0 aromatic heterocycles. The molecule has 0 saturated carbocycles. The van der Waals surface area contributed by atoms with E-state index in [0.29, 0.717) is 11.3 Å². The van der Waals surface area contributed by atoms with E-state index >= 15 is 0 Å². The molecule has 2 aromatic rings. The Bertz CT molecular complexity index is 592. The minimum Gasteiger partial charge on any atom is -0.508 e. The maximum absolute atomic E-state index is 12.5. The van der Waals surface area contributed by atoms with Gasteiger partial charge in [0.25, 0.3) is 0 Å². The first kappa shape index (κ1) is 14.0.